The number of amides is 2. The summed E-state index contributed by atoms with van der Waals surface area (Å²) >= 11 is 1.95. The van der Waals surface area contributed by atoms with Crippen molar-refractivity contribution in [3.05, 3.63) is 90.3 Å². The van der Waals surface area contributed by atoms with Crippen LogP contribution in [0.1, 0.15) is 196 Å². The zero-order chi connectivity index (χ0) is 75.6. The predicted octanol–water partition coefficient (Wildman–Crippen LogP) is 13.4. The maximum Gasteiger partial charge on any atom is 0.363 e. The second-order valence-electron chi connectivity index (χ2n) is 25.7. The average Bonchev–Trinajstić information content (AvgIpc) is 1.17. The van der Waals surface area contributed by atoms with Gasteiger partial charge in [0.2, 0.25) is 81.5 Å². The van der Waals surface area contributed by atoms with Crippen LogP contribution in [0.5, 0.6) is 11.5 Å². The third-order valence-corrected chi connectivity index (χ3v) is 19.9. The number of ether oxygens (including phenoxy) is 4. The number of likely N-dealkylation sites (N-methyl/N-ethyl adjacent to an activating group) is 2. The van der Waals surface area contributed by atoms with Gasteiger partial charge in [0, 0.05) is 95.2 Å². The number of hydrogen-bond donors (Lipinski definition) is 1. The highest BCUT2D eigenvalue weighted by Gasteiger charge is 2.41. The van der Waals surface area contributed by atoms with Crippen molar-refractivity contribution < 1.29 is 111 Å². The van der Waals surface area contributed by atoms with Gasteiger partial charge < -0.3 is 33.9 Å². The van der Waals surface area contributed by atoms with Crippen LogP contribution in [0.15, 0.2) is 10.8 Å². The first-order chi connectivity index (χ1) is 46.7. The summed E-state index contributed by atoms with van der Waals surface area (Å²) in [6, 6.07) is -1.22. The van der Waals surface area contributed by atoms with Crippen LogP contribution in [0.25, 0.3) is 0 Å². The molecule has 0 bridgehead atoms. The van der Waals surface area contributed by atoms with Gasteiger partial charge in [-0.15, -0.1) is 22.7 Å². The van der Waals surface area contributed by atoms with Gasteiger partial charge >= 0.3 is 29.8 Å². The van der Waals surface area contributed by atoms with E-state index in [9.17, 15) is 92.2 Å². The molecule has 20 nitrogen and oxygen atoms in total. The zero-order valence-electron chi connectivity index (χ0n) is 58.5. The molecule has 4 aromatic rings. The molecular formula is C68H88F10N6O14S2. The Hall–Kier alpha value is -7.45. The molecule has 2 aliphatic rings. The van der Waals surface area contributed by atoms with Gasteiger partial charge in [0.1, 0.15) is 10.0 Å². The monoisotopic (exact) mass is 1470 g/mol. The Morgan fingerprint density at radius 1 is 0.520 bits per heavy atom. The number of likely N-dealkylation sites (tertiary alicyclic amines) is 2. The molecule has 4 heterocycles. The third kappa shape index (κ3) is 22.3. The number of esters is 4. The fourth-order valence-electron chi connectivity index (χ4n) is 11.8. The Balaban J connectivity index is 0.000000359. The average molecular weight is 1470 g/mol. The molecule has 2 aliphatic heterocycles. The van der Waals surface area contributed by atoms with E-state index in [-0.39, 0.29) is 102 Å². The van der Waals surface area contributed by atoms with Gasteiger partial charge in [-0.1, -0.05) is 81.1 Å². The number of carboxylic acid groups (broad SMARTS) is 1. The molecule has 0 aliphatic carbocycles. The number of carboxylic acids is 1. The second-order valence-corrected chi connectivity index (χ2v) is 27.5. The van der Waals surface area contributed by atoms with Gasteiger partial charge in [-0.25, -0.2) is 45.9 Å². The highest BCUT2D eigenvalue weighted by Crippen LogP contribution is 2.37. The largest absolute Gasteiger partial charge is 0.476 e. The molecule has 0 unspecified atom stereocenters. The quantitative estimate of drug-likeness (QED) is 0.0182. The molecule has 0 spiro atoms. The highest BCUT2D eigenvalue weighted by atomic mass is 32.1. The lowest BCUT2D eigenvalue weighted by atomic mass is 9.83. The molecule has 0 radical (unpaired) electrons. The topological polar surface area (TPSA) is 250 Å². The summed E-state index contributed by atoms with van der Waals surface area (Å²) in [4.78, 5) is 129. The summed E-state index contributed by atoms with van der Waals surface area (Å²) in [6.07, 6.45) is 5.83. The molecule has 100 heavy (non-hydrogen) atoms. The zero-order valence-corrected chi connectivity index (χ0v) is 60.1. The highest BCUT2D eigenvalue weighted by molar-refractivity contribution is 7.10. The second kappa shape index (κ2) is 38.5. The van der Waals surface area contributed by atoms with E-state index in [1.807, 2.05) is 74.4 Å². The van der Waals surface area contributed by atoms with E-state index in [1.165, 1.54) is 12.3 Å². The fraction of sp³-hybridized carbons (Fsp3) is 0.603. The van der Waals surface area contributed by atoms with Crippen molar-refractivity contribution in [3.8, 4) is 11.5 Å². The molecule has 2 aromatic carbocycles. The Bertz CT molecular complexity index is 3500. The van der Waals surface area contributed by atoms with Crippen LogP contribution in [0.2, 0.25) is 0 Å². The Labute approximate surface area is 582 Å². The number of carbonyl (C=O) groups excluding carboxylic acids is 8. The van der Waals surface area contributed by atoms with E-state index in [0.717, 1.165) is 99.9 Å². The van der Waals surface area contributed by atoms with Crippen molar-refractivity contribution >= 4 is 75.9 Å². The lowest BCUT2D eigenvalue weighted by Gasteiger charge is -2.37. The Morgan fingerprint density at radius 2 is 0.850 bits per heavy atom. The number of hydrogen-bond acceptors (Lipinski definition) is 19. The van der Waals surface area contributed by atoms with E-state index in [1.54, 1.807) is 23.9 Å². The van der Waals surface area contributed by atoms with Crippen LogP contribution in [0.4, 0.5) is 43.9 Å². The van der Waals surface area contributed by atoms with E-state index in [0.29, 0.717) is 11.4 Å². The summed E-state index contributed by atoms with van der Waals surface area (Å²) in [5, 5.41) is 12.2. The molecule has 32 heteroatoms. The number of ketones is 2. The number of aromatic carboxylic acids is 1. The summed E-state index contributed by atoms with van der Waals surface area (Å²) in [6.45, 7) is 20.6. The van der Waals surface area contributed by atoms with Crippen LogP contribution in [0.3, 0.4) is 0 Å². The van der Waals surface area contributed by atoms with Crippen molar-refractivity contribution in [2.45, 2.75) is 190 Å². The van der Waals surface area contributed by atoms with Crippen LogP contribution in [-0.4, -0.2) is 153 Å². The van der Waals surface area contributed by atoms with Crippen molar-refractivity contribution in [3.63, 3.8) is 0 Å². The van der Waals surface area contributed by atoms with Crippen LogP contribution >= 0.6 is 22.7 Å². The molecule has 6 rings (SSSR count). The van der Waals surface area contributed by atoms with Gasteiger partial charge in [-0.05, 0) is 76.5 Å². The minimum absolute atomic E-state index is 0.0173. The number of halogens is 10. The van der Waals surface area contributed by atoms with Crippen LogP contribution in [-0.2, 0) is 43.0 Å². The molecule has 2 fully saturated rings. The fourth-order valence-corrected chi connectivity index (χ4v) is 13.5. The smallest absolute Gasteiger partial charge is 0.363 e. The standard InChI is InChI=1S/C33H42F5N3O6S.C27H43N3O6S.C8H3F5O2/c1-8-17(4)19(13-23(43)21-11-9-10-12-40(21)6)32(44)41(7)22(16(2)3)14-24(46-18(5)42)31-39-20(15-48-31)33(45)47-30-28(37)26(35)25(34)27(36)29(30)38;1-8-17(4)19(13-23(32)21-11-9-10-12-29(21)6)26(33)30(7)22(16(2)3)14-24(36-18(5)31)25-28-20(15-37-25)27(34)35;1-2(14)15-8-6(12)4(10)3(9)5(11)7(8)13/h15-17,19,21-22,24H,8-14H2,1-7H3;15-17,19,21-22,24H,8-14H2,1-7H3,(H,34,35);1H3/t2*17-,19-,21+,22+,24+;/m00./s1. The van der Waals surface area contributed by atoms with E-state index >= 15 is 0 Å². The SMILES string of the molecule is CC(=O)Oc1c(F)c(F)c(F)c(F)c1F.CC[C@H](C)[C@H](CC(=O)[C@H]1CCCCN1C)C(=O)N(C)[C@H](C[C@@H](OC(C)=O)c1nc(C(=O)O)cs1)C(C)C.CC[C@H](C)[C@H](CC(=O)[C@H]1CCCCN1C)C(=O)N(C)[C@H](C[C@@H](OC(C)=O)c1nc(C(=O)Oc2c(F)c(F)c(F)c(F)c2F)cs1)C(C)C. The number of carbonyl (C=O) groups is 9. The molecule has 2 saturated heterocycles. The molecule has 0 saturated carbocycles. The van der Waals surface area contributed by atoms with Crippen LogP contribution in [0, 0.1) is 93.7 Å². The first-order valence-electron chi connectivity index (χ1n) is 32.6. The van der Waals surface area contributed by atoms with E-state index < -0.39 is 135 Å². The van der Waals surface area contributed by atoms with E-state index in [4.69, 9.17) is 9.47 Å². The minimum Gasteiger partial charge on any atom is -0.476 e. The summed E-state index contributed by atoms with van der Waals surface area (Å²) in [7, 11) is 7.26. The summed E-state index contributed by atoms with van der Waals surface area (Å²) < 4.78 is 151. The summed E-state index contributed by atoms with van der Waals surface area (Å²) in [5.74, 6) is -32.5. The Morgan fingerprint density at radius 3 is 1.15 bits per heavy atom. The summed E-state index contributed by atoms with van der Waals surface area (Å²) in [5.41, 5.74) is -0.643. The first kappa shape index (κ1) is 85.0. The molecule has 2 amide bonds. The van der Waals surface area contributed by atoms with Gasteiger partial charge in [0.15, 0.2) is 35.2 Å². The number of aromatic nitrogens is 2. The number of piperidine rings is 2. The van der Waals surface area contributed by atoms with Gasteiger partial charge in [-0.3, -0.25) is 43.4 Å². The van der Waals surface area contributed by atoms with Crippen molar-refractivity contribution in [1.29, 1.82) is 0 Å². The molecule has 1 N–H and O–H groups in total. The molecule has 556 valence electrons. The van der Waals surface area contributed by atoms with Gasteiger partial charge in [-0.2, -0.15) is 17.6 Å². The van der Waals surface area contributed by atoms with E-state index in [2.05, 4.69) is 24.3 Å². The van der Waals surface area contributed by atoms with Crippen molar-refractivity contribution in [2.75, 3.05) is 41.3 Å². The molecule has 2 aromatic heterocycles. The number of benzene rings is 2. The maximum absolute atomic E-state index is 14.1. The lowest BCUT2D eigenvalue weighted by molar-refractivity contribution is -0.150. The number of rotatable bonds is 28. The number of thiazole rings is 2. The number of nitrogens with zero attached hydrogens (tertiary/aromatic N) is 6. The first-order valence-corrected chi connectivity index (χ1v) is 34.4. The third-order valence-electron chi connectivity index (χ3n) is 18.0. The lowest BCUT2D eigenvalue weighted by Crippen LogP contribution is -2.48. The van der Waals surface area contributed by atoms with Crippen molar-refractivity contribution in [1.82, 2.24) is 29.6 Å². The van der Waals surface area contributed by atoms with Crippen LogP contribution < -0.4 is 9.47 Å². The van der Waals surface area contributed by atoms with Gasteiger partial charge in [0.05, 0.1) is 12.1 Å². The maximum atomic E-state index is 14.1. The number of Topliss-reactive ketones (excluding diaryl/α,β-unsaturated/α-hetero) is 2. The Kier molecular flexibility index (Phi) is 32.7. The molecular weight excluding hydrogens is 1380 g/mol. The predicted molar refractivity (Wildman–Crippen MR) is 347 cm³/mol. The minimum atomic E-state index is -2.41. The van der Waals surface area contributed by atoms with Crippen molar-refractivity contribution in [2.24, 2.45) is 35.5 Å². The normalized spacial score (nSPS) is 17.4. The van der Waals surface area contributed by atoms with Gasteiger partial charge in [0.25, 0.3) is 0 Å². The molecule has 10 atom stereocenters.